The molecule has 0 aliphatic heterocycles. The molecule has 0 saturated carbocycles. The summed E-state index contributed by atoms with van der Waals surface area (Å²) < 4.78 is 20.2. The second-order valence-electron chi connectivity index (χ2n) is 4.58. The van der Waals surface area contributed by atoms with Crippen molar-refractivity contribution in [2.24, 2.45) is 0 Å². The van der Waals surface area contributed by atoms with Crippen LogP contribution in [0, 0.1) is 5.82 Å². The van der Waals surface area contributed by atoms with E-state index in [9.17, 15) is 4.39 Å². The van der Waals surface area contributed by atoms with E-state index in [1.807, 2.05) is 0 Å². The van der Waals surface area contributed by atoms with Crippen LogP contribution in [0.2, 0.25) is 0 Å². The van der Waals surface area contributed by atoms with E-state index in [2.05, 4.69) is 22.4 Å². The number of aromatic nitrogens is 4. The van der Waals surface area contributed by atoms with E-state index in [1.165, 1.54) is 12.1 Å². The van der Waals surface area contributed by atoms with Gasteiger partial charge in [-0.1, -0.05) is 13.3 Å². The highest BCUT2D eigenvalue weighted by molar-refractivity contribution is 5.61. The Morgan fingerprint density at radius 3 is 2.90 bits per heavy atom. The maximum Gasteiger partial charge on any atom is 0.182 e. The van der Waals surface area contributed by atoms with E-state index < -0.39 is 5.82 Å². The van der Waals surface area contributed by atoms with Crippen molar-refractivity contribution in [1.82, 2.24) is 20.2 Å². The predicted octanol–water partition coefficient (Wildman–Crippen LogP) is 2.05. The zero-order valence-electron chi connectivity index (χ0n) is 11.6. The average molecular weight is 279 g/mol. The third-order valence-corrected chi connectivity index (χ3v) is 3.07. The number of halogens is 1. The van der Waals surface area contributed by atoms with Crippen molar-refractivity contribution in [3.8, 4) is 11.4 Å². The SMILES string of the molecule is CCCC(COC)n1nnnc1-c1ccc(F)c(N)c1. The quantitative estimate of drug-likeness (QED) is 0.819. The molecule has 0 bridgehead atoms. The van der Waals surface area contributed by atoms with Crippen LogP contribution in [-0.2, 0) is 4.74 Å². The molecular formula is C13H18FN5O. The van der Waals surface area contributed by atoms with Crippen LogP contribution < -0.4 is 5.73 Å². The largest absolute Gasteiger partial charge is 0.396 e. The summed E-state index contributed by atoms with van der Waals surface area (Å²) in [6, 6.07) is 4.51. The van der Waals surface area contributed by atoms with Crippen molar-refractivity contribution in [3.63, 3.8) is 0 Å². The number of nitrogen functional groups attached to an aromatic ring is 1. The molecule has 7 heteroatoms. The van der Waals surface area contributed by atoms with Crippen molar-refractivity contribution < 1.29 is 9.13 Å². The fourth-order valence-corrected chi connectivity index (χ4v) is 2.11. The summed E-state index contributed by atoms with van der Waals surface area (Å²) in [6.45, 7) is 2.60. The van der Waals surface area contributed by atoms with Gasteiger partial charge in [0.25, 0.3) is 0 Å². The molecular weight excluding hydrogens is 261 g/mol. The molecule has 2 rings (SSSR count). The lowest BCUT2D eigenvalue weighted by molar-refractivity contribution is 0.144. The third kappa shape index (κ3) is 2.93. The number of benzene rings is 1. The summed E-state index contributed by atoms with van der Waals surface area (Å²) in [4.78, 5) is 0. The molecule has 2 N–H and O–H groups in total. The van der Waals surface area contributed by atoms with Gasteiger partial charge in [-0.15, -0.1) is 5.10 Å². The Kier molecular flexibility index (Phi) is 4.62. The summed E-state index contributed by atoms with van der Waals surface area (Å²) in [5.41, 5.74) is 6.36. The molecule has 6 nitrogen and oxygen atoms in total. The van der Waals surface area contributed by atoms with E-state index in [-0.39, 0.29) is 11.7 Å². The third-order valence-electron chi connectivity index (χ3n) is 3.07. The van der Waals surface area contributed by atoms with Crippen LogP contribution >= 0.6 is 0 Å². The van der Waals surface area contributed by atoms with E-state index >= 15 is 0 Å². The smallest absolute Gasteiger partial charge is 0.182 e. The zero-order valence-corrected chi connectivity index (χ0v) is 11.6. The van der Waals surface area contributed by atoms with E-state index in [0.29, 0.717) is 18.0 Å². The lowest BCUT2D eigenvalue weighted by Crippen LogP contribution is -2.17. The minimum atomic E-state index is -0.449. The Balaban J connectivity index is 2.37. The average Bonchev–Trinajstić information content (AvgIpc) is 2.91. The van der Waals surface area contributed by atoms with Gasteiger partial charge in [-0.3, -0.25) is 0 Å². The second kappa shape index (κ2) is 6.42. The maximum atomic E-state index is 13.2. The normalized spacial score (nSPS) is 12.6. The van der Waals surface area contributed by atoms with Crippen molar-refractivity contribution >= 4 is 5.69 Å². The molecule has 1 atom stereocenters. The molecule has 0 fully saturated rings. The number of tetrazole rings is 1. The van der Waals surface area contributed by atoms with Crippen molar-refractivity contribution in [3.05, 3.63) is 24.0 Å². The number of methoxy groups -OCH3 is 1. The first kappa shape index (κ1) is 14.4. The molecule has 1 aromatic heterocycles. The van der Waals surface area contributed by atoms with Gasteiger partial charge in [0, 0.05) is 12.7 Å². The molecule has 0 amide bonds. The summed E-state index contributed by atoms with van der Waals surface area (Å²) in [5.74, 6) is 0.113. The Labute approximate surface area is 116 Å². The topological polar surface area (TPSA) is 78.8 Å². The first-order valence-electron chi connectivity index (χ1n) is 6.49. The highest BCUT2D eigenvalue weighted by atomic mass is 19.1. The molecule has 1 unspecified atom stereocenters. The first-order valence-corrected chi connectivity index (χ1v) is 6.49. The fraction of sp³-hybridized carbons (Fsp3) is 0.462. The van der Waals surface area contributed by atoms with Gasteiger partial charge >= 0.3 is 0 Å². The van der Waals surface area contributed by atoms with E-state index in [4.69, 9.17) is 10.5 Å². The lowest BCUT2D eigenvalue weighted by atomic mass is 10.1. The molecule has 20 heavy (non-hydrogen) atoms. The van der Waals surface area contributed by atoms with E-state index in [1.54, 1.807) is 17.9 Å². The number of hydrogen-bond acceptors (Lipinski definition) is 5. The number of rotatable bonds is 6. The second-order valence-corrected chi connectivity index (χ2v) is 4.58. The lowest BCUT2D eigenvalue weighted by Gasteiger charge is -2.16. The van der Waals surface area contributed by atoms with Crippen LogP contribution in [0.3, 0.4) is 0 Å². The van der Waals surface area contributed by atoms with Crippen molar-refractivity contribution in [1.29, 1.82) is 0 Å². The molecule has 0 aliphatic carbocycles. The van der Waals surface area contributed by atoms with Gasteiger partial charge in [0.2, 0.25) is 0 Å². The van der Waals surface area contributed by atoms with Crippen molar-refractivity contribution in [2.45, 2.75) is 25.8 Å². The van der Waals surface area contributed by atoms with Crippen LogP contribution in [0.15, 0.2) is 18.2 Å². The molecule has 1 aromatic carbocycles. The Bertz CT molecular complexity index is 566. The Morgan fingerprint density at radius 1 is 1.45 bits per heavy atom. The molecule has 0 spiro atoms. The van der Waals surface area contributed by atoms with Gasteiger partial charge in [0.1, 0.15) is 5.82 Å². The monoisotopic (exact) mass is 279 g/mol. The minimum Gasteiger partial charge on any atom is -0.396 e. The van der Waals surface area contributed by atoms with Gasteiger partial charge in [0.15, 0.2) is 5.82 Å². The summed E-state index contributed by atoms with van der Waals surface area (Å²) in [5, 5.41) is 11.7. The standard InChI is InChI=1S/C13H18FN5O/c1-3-4-10(8-20-2)19-13(16-17-18-19)9-5-6-11(14)12(15)7-9/h5-7,10H,3-4,8,15H2,1-2H3. The number of nitrogens with zero attached hydrogens (tertiary/aromatic N) is 4. The predicted molar refractivity (Wildman–Crippen MR) is 73.4 cm³/mol. The van der Waals surface area contributed by atoms with Gasteiger partial charge in [-0.2, -0.15) is 0 Å². The first-order chi connectivity index (χ1) is 9.67. The number of anilines is 1. The van der Waals surface area contributed by atoms with E-state index in [0.717, 1.165) is 12.8 Å². The van der Waals surface area contributed by atoms with Gasteiger partial charge in [0.05, 0.1) is 18.3 Å². The van der Waals surface area contributed by atoms with Gasteiger partial charge < -0.3 is 10.5 Å². The molecule has 0 aliphatic rings. The number of nitrogens with two attached hydrogens (primary N) is 1. The van der Waals surface area contributed by atoms with Crippen LogP contribution in [0.5, 0.6) is 0 Å². The minimum absolute atomic E-state index is 0.0428. The highest BCUT2D eigenvalue weighted by Crippen LogP contribution is 2.24. The zero-order chi connectivity index (χ0) is 14.5. The Morgan fingerprint density at radius 2 is 2.25 bits per heavy atom. The number of hydrogen-bond donors (Lipinski definition) is 1. The Hall–Kier alpha value is -2.02. The fourth-order valence-electron chi connectivity index (χ4n) is 2.11. The molecule has 0 radical (unpaired) electrons. The van der Waals surface area contributed by atoms with Gasteiger partial charge in [-0.05, 0) is 35.0 Å². The van der Waals surface area contributed by atoms with Crippen LogP contribution in [0.25, 0.3) is 11.4 Å². The van der Waals surface area contributed by atoms with Crippen LogP contribution in [0.4, 0.5) is 10.1 Å². The van der Waals surface area contributed by atoms with Crippen LogP contribution in [-0.4, -0.2) is 33.9 Å². The van der Waals surface area contributed by atoms with Gasteiger partial charge in [-0.25, -0.2) is 9.07 Å². The molecule has 1 heterocycles. The number of ether oxygens (including phenoxy) is 1. The maximum absolute atomic E-state index is 13.2. The summed E-state index contributed by atoms with van der Waals surface area (Å²) >= 11 is 0. The van der Waals surface area contributed by atoms with Crippen LogP contribution in [0.1, 0.15) is 25.8 Å². The molecule has 0 saturated heterocycles. The molecule has 108 valence electrons. The summed E-state index contributed by atoms with van der Waals surface area (Å²) in [7, 11) is 1.64. The van der Waals surface area contributed by atoms with Crippen molar-refractivity contribution in [2.75, 3.05) is 19.5 Å². The summed E-state index contributed by atoms with van der Waals surface area (Å²) in [6.07, 6.45) is 1.88. The highest BCUT2D eigenvalue weighted by Gasteiger charge is 2.18. The molecule has 2 aromatic rings.